The Bertz CT molecular complexity index is 538. The highest BCUT2D eigenvalue weighted by Crippen LogP contribution is 2.32. The molecule has 1 N–H and O–H groups in total. The van der Waals surface area contributed by atoms with E-state index in [0.717, 1.165) is 38.4 Å². The van der Waals surface area contributed by atoms with Gasteiger partial charge < -0.3 is 10.2 Å². The average Bonchev–Trinajstić information content (AvgIpc) is 2.66. The van der Waals surface area contributed by atoms with Gasteiger partial charge in [-0.15, -0.1) is 0 Å². The first-order chi connectivity index (χ1) is 9.58. The van der Waals surface area contributed by atoms with Gasteiger partial charge in [-0.1, -0.05) is 23.2 Å². The van der Waals surface area contributed by atoms with Crippen LogP contribution in [-0.2, 0) is 0 Å². The lowest BCUT2D eigenvalue weighted by Crippen LogP contribution is -2.42. The summed E-state index contributed by atoms with van der Waals surface area (Å²) in [5.74, 6) is -0.804. The van der Waals surface area contributed by atoms with Gasteiger partial charge in [0.05, 0.1) is 15.6 Å². The molecule has 1 aromatic rings. The van der Waals surface area contributed by atoms with Crippen molar-refractivity contribution in [1.29, 1.82) is 0 Å². The van der Waals surface area contributed by atoms with Gasteiger partial charge in [-0.3, -0.25) is 4.79 Å². The van der Waals surface area contributed by atoms with E-state index in [2.05, 4.69) is 5.32 Å². The quantitative estimate of drug-likeness (QED) is 0.807. The standard InChI is InChI=1S/C14H15Cl2FN2O/c15-11-6-12(16)13(17)5-10(11)14(20)19-8-1-2-9(19)7-18-4-3-8/h5-6,8-9,18H,1-4,7H2. The maximum absolute atomic E-state index is 13.6. The molecule has 2 heterocycles. The Hall–Kier alpha value is -0.840. The number of nitrogens with one attached hydrogen (secondary N) is 1. The molecular formula is C14H15Cl2FN2O. The molecule has 0 spiro atoms. The summed E-state index contributed by atoms with van der Waals surface area (Å²) in [6.45, 7) is 1.70. The maximum Gasteiger partial charge on any atom is 0.256 e. The van der Waals surface area contributed by atoms with E-state index in [0.29, 0.717) is 0 Å². The fourth-order valence-electron chi connectivity index (χ4n) is 3.14. The second-order valence-corrected chi connectivity index (χ2v) is 6.15. The van der Waals surface area contributed by atoms with Crippen LogP contribution in [0, 0.1) is 5.82 Å². The topological polar surface area (TPSA) is 32.3 Å². The molecule has 1 amide bonds. The monoisotopic (exact) mass is 316 g/mol. The Morgan fingerprint density at radius 1 is 1.20 bits per heavy atom. The third-order valence-electron chi connectivity index (χ3n) is 4.13. The lowest BCUT2D eigenvalue weighted by atomic mass is 10.1. The number of hydrogen-bond acceptors (Lipinski definition) is 2. The zero-order chi connectivity index (χ0) is 14.3. The molecule has 1 aromatic carbocycles. The molecule has 108 valence electrons. The zero-order valence-electron chi connectivity index (χ0n) is 10.8. The molecule has 2 unspecified atom stereocenters. The molecule has 0 saturated carbocycles. The highest BCUT2D eigenvalue weighted by molar-refractivity contribution is 6.36. The van der Waals surface area contributed by atoms with Crippen LogP contribution in [0.15, 0.2) is 12.1 Å². The van der Waals surface area contributed by atoms with E-state index >= 15 is 0 Å². The van der Waals surface area contributed by atoms with Crippen molar-refractivity contribution in [3.05, 3.63) is 33.6 Å². The Balaban J connectivity index is 1.94. The van der Waals surface area contributed by atoms with Gasteiger partial charge in [0.1, 0.15) is 5.82 Å². The first kappa shape index (κ1) is 14.1. The van der Waals surface area contributed by atoms with Gasteiger partial charge in [-0.05, 0) is 37.9 Å². The van der Waals surface area contributed by atoms with Gasteiger partial charge in [0.15, 0.2) is 0 Å². The normalized spacial score (nSPS) is 25.6. The molecule has 2 atom stereocenters. The molecule has 2 aliphatic heterocycles. The zero-order valence-corrected chi connectivity index (χ0v) is 12.3. The Morgan fingerprint density at radius 2 is 1.95 bits per heavy atom. The predicted octanol–water partition coefficient (Wildman–Crippen LogP) is 3.10. The summed E-state index contributed by atoms with van der Waals surface area (Å²) >= 11 is 11.7. The Kier molecular flexibility index (Phi) is 3.89. The van der Waals surface area contributed by atoms with Crippen LogP contribution in [0.5, 0.6) is 0 Å². The summed E-state index contributed by atoms with van der Waals surface area (Å²) in [6.07, 6.45) is 2.92. The summed E-state index contributed by atoms with van der Waals surface area (Å²) in [4.78, 5) is 14.6. The second kappa shape index (κ2) is 5.51. The van der Waals surface area contributed by atoms with Gasteiger partial charge in [0, 0.05) is 18.6 Å². The van der Waals surface area contributed by atoms with Crippen molar-refractivity contribution < 1.29 is 9.18 Å². The van der Waals surface area contributed by atoms with E-state index < -0.39 is 5.82 Å². The smallest absolute Gasteiger partial charge is 0.256 e. The molecule has 3 nitrogen and oxygen atoms in total. The van der Waals surface area contributed by atoms with Crippen molar-refractivity contribution in [3.8, 4) is 0 Å². The number of carbonyl (C=O) groups is 1. The molecule has 3 rings (SSSR count). The van der Waals surface area contributed by atoms with E-state index in [1.54, 1.807) is 0 Å². The third kappa shape index (κ3) is 2.41. The molecule has 2 aliphatic rings. The number of amides is 1. The fraction of sp³-hybridized carbons (Fsp3) is 0.500. The molecule has 2 bridgehead atoms. The number of halogens is 3. The number of carbonyl (C=O) groups excluding carboxylic acids is 1. The summed E-state index contributed by atoms with van der Waals surface area (Å²) in [5, 5.41) is 3.47. The van der Waals surface area contributed by atoms with E-state index in [1.807, 2.05) is 4.90 Å². The summed E-state index contributed by atoms with van der Waals surface area (Å²) in [6, 6.07) is 2.83. The van der Waals surface area contributed by atoms with E-state index in [4.69, 9.17) is 23.2 Å². The summed E-state index contributed by atoms with van der Waals surface area (Å²) in [7, 11) is 0. The lowest BCUT2D eigenvalue weighted by molar-refractivity contribution is 0.0680. The molecule has 0 radical (unpaired) electrons. The molecule has 2 fully saturated rings. The van der Waals surface area contributed by atoms with Crippen LogP contribution in [0.2, 0.25) is 10.0 Å². The van der Waals surface area contributed by atoms with Crippen LogP contribution in [0.1, 0.15) is 29.6 Å². The van der Waals surface area contributed by atoms with Gasteiger partial charge in [0.25, 0.3) is 5.91 Å². The number of rotatable bonds is 1. The minimum absolute atomic E-state index is 0.0629. The third-order valence-corrected chi connectivity index (χ3v) is 4.73. The predicted molar refractivity (Wildman–Crippen MR) is 76.9 cm³/mol. The molecule has 0 aromatic heterocycles. The molecular weight excluding hydrogens is 302 g/mol. The minimum atomic E-state index is -0.611. The molecule has 6 heteroatoms. The van der Waals surface area contributed by atoms with Crippen LogP contribution < -0.4 is 5.32 Å². The van der Waals surface area contributed by atoms with Crippen molar-refractivity contribution in [2.24, 2.45) is 0 Å². The van der Waals surface area contributed by atoms with Crippen LogP contribution in [0.4, 0.5) is 4.39 Å². The van der Waals surface area contributed by atoms with Gasteiger partial charge in [-0.25, -0.2) is 4.39 Å². The van der Waals surface area contributed by atoms with Crippen molar-refractivity contribution in [3.63, 3.8) is 0 Å². The van der Waals surface area contributed by atoms with Gasteiger partial charge in [0.2, 0.25) is 0 Å². The summed E-state index contributed by atoms with van der Waals surface area (Å²) < 4.78 is 13.6. The maximum atomic E-state index is 13.6. The van der Waals surface area contributed by atoms with Gasteiger partial charge >= 0.3 is 0 Å². The van der Waals surface area contributed by atoms with Crippen LogP contribution in [-0.4, -0.2) is 36.0 Å². The molecule has 0 aliphatic carbocycles. The van der Waals surface area contributed by atoms with Gasteiger partial charge in [-0.2, -0.15) is 0 Å². The molecule has 20 heavy (non-hydrogen) atoms. The van der Waals surface area contributed by atoms with Crippen LogP contribution >= 0.6 is 23.2 Å². The SMILES string of the molecule is O=C(c1cc(F)c(Cl)cc1Cl)N1C2CCNCC1CC2. The highest BCUT2D eigenvalue weighted by Gasteiger charge is 2.39. The minimum Gasteiger partial charge on any atom is -0.331 e. The molecule has 2 saturated heterocycles. The van der Waals surface area contributed by atoms with E-state index in [9.17, 15) is 9.18 Å². The number of benzene rings is 1. The van der Waals surface area contributed by atoms with Crippen LogP contribution in [0.25, 0.3) is 0 Å². The fourth-order valence-corrected chi connectivity index (χ4v) is 3.60. The summed E-state index contributed by atoms with van der Waals surface area (Å²) in [5.41, 5.74) is 0.201. The number of fused-ring (bicyclic) bond motifs is 2. The van der Waals surface area contributed by atoms with Crippen molar-refractivity contribution >= 4 is 29.1 Å². The number of nitrogens with zero attached hydrogens (tertiary/aromatic N) is 1. The number of hydrogen-bond donors (Lipinski definition) is 1. The van der Waals surface area contributed by atoms with E-state index in [-0.39, 0.29) is 33.6 Å². The average molecular weight is 317 g/mol. The van der Waals surface area contributed by atoms with Crippen molar-refractivity contribution in [1.82, 2.24) is 10.2 Å². The highest BCUT2D eigenvalue weighted by atomic mass is 35.5. The van der Waals surface area contributed by atoms with Crippen molar-refractivity contribution in [2.45, 2.75) is 31.3 Å². The first-order valence-corrected chi connectivity index (χ1v) is 7.51. The van der Waals surface area contributed by atoms with Crippen molar-refractivity contribution in [2.75, 3.05) is 13.1 Å². The second-order valence-electron chi connectivity index (χ2n) is 5.34. The van der Waals surface area contributed by atoms with Crippen LogP contribution in [0.3, 0.4) is 0 Å². The Labute approximate surface area is 127 Å². The van der Waals surface area contributed by atoms with E-state index in [1.165, 1.54) is 6.07 Å². The largest absolute Gasteiger partial charge is 0.331 e. The lowest BCUT2D eigenvalue weighted by Gasteiger charge is -2.28. The first-order valence-electron chi connectivity index (χ1n) is 6.76. The Morgan fingerprint density at radius 3 is 2.75 bits per heavy atom.